The molecule has 0 saturated carbocycles. The van der Waals surface area contributed by atoms with E-state index in [0.717, 1.165) is 33.4 Å². The number of esters is 1. The van der Waals surface area contributed by atoms with Crippen LogP contribution in [-0.2, 0) is 25.4 Å². The molecule has 5 aromatic rings. The van der Waals surface area contributed by atoms with Gasteiger partial charge in [0.2, 0.25) is 0 Å². The van der Waals surface area contributed by atoms with Gasteiger partial charge in [0.25, 0.3) is 0 Å². The molecule has 1 heterocycles. The van der Waals surface area contributed by atoms with Crippen LogP contribution >= 0.6 is 0 Å². The molecular weight excluding hydrogens is 506 g/mol. The summed E-state index contributed by atoms with van der Waals surface area (Å²) in [5.74, 6) is -0.409. The average molecular weight is 540 g/mol. The molecule has 0 saturated heterocycles. The Balaban J connectivity index is 1.79. The van der Waals surface area contributed by atoms with Crippen molar-refractivity contribution < 1.29 is 14.4 Å². The number of carbonyl (C=O) groups is 1. The van der Waals surface area contributed by atoms with Gasteiger partial charge in [-0.3, -0.25) is 4.84 Å². The van der Waals surface area contributed by atoms with Crippen molar-refractivity contribution in [3.63, 3.8) is 0 Å². The molecule has 0 amide bonds. The zero-order valence-electron chi connectivity index (χ0n) is 23.3. The molecule has 0 radical (unpaired) electrons. The molecule has 1 aliphatic rings. The lowest BCUT2D eigenvalue weighted by Crippen LogP contribution is -2.55. The second-order valence-corrected chi connectivity index (χ2v) is 10.2. The second kappa shape index (κ2) is 11.2. The molecule has 41 heavy (non-hydrogen) atoms. The van der Waals surface area contributed by atoms with Crippen LogP contribution in [0.1, 0.15) is 47.2 Å². The number of nitrogens with zero attached hydrogens (tertiary/aromatic N) is 1. The summed E-state index contributed by atoms with van der Waals surface area (Å²) < 4.78 is 5.46. The van der Waals surface area contributed by atoms with Crippen molar-refractivity contribution in [1.82, 2.24) is 5.06 Å². The van der Waals surface area contributed by atoms with Crippen molar-refractivity contribution in [2.24, 2.45) is 0 Å². The van der Waals surface area contributed by atoms with Crippen LogP contribution in [0.15, 0.2) is 146 Å². The maximum absolute atomic E-state index is 13.2. The first-order valence-corrected chi connectivity index (χ1v) is 14.1. The summed E-state index contributed by atoms with van der Waals surface area (Å²) in [4.78, 5) is 20.2. The molecule has 204 valence electrons. The standard InChI is InChI=1S/C37H33NO3/c1-3-40-35(39)28(2)41-38-36(29-18-8-4-9-19-29,30-20-10-5-11-21-30)33-26-16-17-27-34(33)37(38,31-22-12-6-13-23-31)32-24-14-7-15-25-32/h4-28H,3H2,1-2H3. The SMILES string of the molecule is CCOC(=O)C(C)ON1C(c2ccccc2)(c2ccccc2)c2ccccc2C1(c1ccccc1)c1ccccc1. The van der Waals surface area contributed by atoms with E-state index in [1.807, 2.05) is 31.2 Å². The summed E-state index contributed by atoms with van der Waals surface area (Å²) in [7, 11) is 0. The van der Waals surface area contributed by atoms with Gasteiger partial charge in [-0.05, 0) is 47.2 Å². The molecule has 4 nitrogen and oxygen atoms in total. The van der Waals surface area contributed by atoms with Gasteiger partial charge in [-0.2, -0.15) is 0 Å². The van der Waals surface area contributed by atoms with Gasteiger partial charge in [0.1, 0.15) is 11.1 Å². The van der Waals surface area contributed by atoms with E-state index in [0.29, 0.717) is 0 Å². The first-order chi connectivity index (χ1) is 20.1. The fraction of sp³-hybridized carbons (Fsp3) is 0.162. The van der Waals surface area contributed by atoms with Gasteiger partial charge in [-0.25, -0.2) is 4.79 Å². The third kappa shape index (κ3) is 4.19. The van der Waals surface area contributed by atoms with Crippen LogP contribution in [0.5, 0.6) is 0 Å². The lowest BCUT2D eigenvalue weighted by Gasteiger charge is -2.48. The Bertz CT molecular complexity index is 1420. The Morgan fingerprint density at radius 2 is 0.902 bits per heavy atom. The van der Waals surface area contributed by atoms with Crippen LogP contribution in [0.25, 0.3) is 0 Å². The van der Waals surface area contributed by atoms with Crippen LogP contribution in [0.4, 0.5) is 0 Å². The van der Waals surface area contributed by atoms with Crippen LogP contribution in [0.3, 0.4) is 0 Å². The summed E-state index contributed by atoms with van der Waals surface area (Å²) in [5.41, 5.74) is 4.47. The Morgan fingerprint density at radius 3 is 1.22 bits per heavy atom. The first-order valence-electron chi connectivity index (χ1n) is 14.1. The van der Waals surface area contributed by atoms with Crippen molar-refractivity contribution in [2.45, 2.75) is 31.0 Å². The molecule has 4 heteroatoms. The highest BCUT2D eigenvalue weighted by Gasteiger charge is 2.63. The third-order valence-corrected chi connectivity index (χ3v) is 7.96. The number of hydroxylamine groups is 2. The molecular formula is C37H33NO3. The zero-order chi connectivity index (χ0) is 28.3. The van der Waals surface area contributed by atoms with Crippen molar-refractivity contribution in [1.29, 1.82) is 0 Å². The highest BCUT2D eigenvalue weighted by molar-refractivity contribution is 5.74. The van der Waals surface area contributed by atoms with E-state index >= 15 is 0 Å². The molecule has 0 spiro atoms. The molecule has 0 N–H and O–H groups in total. The molecule has 1 atom stereocenters. The minimum atomic E-state index is -0.911. The maximum atomic E-state index is 13.2. The van der Waals surface area contributed by atoms with Gasteiger partial charge >= 0.3 is 5.97 Å². The van der Waals surface area contributed by atoms with Crippen LogP contribution in [0.2, 0.25) is 0 Å². The van der Waals surface area contributed by atoms with E-state index in [4.69, 9.17) is 9.57 Å². The predicted octanol–water partition coefficient (Wildman–Crippen LogP) is 7.47. The van der Waals surface area contributed by atoms with Gasteiger partial charge in [0, 0.05) is 0 Å². The largest absolute Gasteiger partial charge is 0.464 e. The second-order valence-electron chi connectivity index (χ2n) is 10.2. The molecule has 0 aliphatic carbocycles. The van der Waals surface area contributed by atoms with Gasteiger partial charge in [0.15, 0.2) is 6.10 Å². The molecule has 0 aromatic heterocycles. The van der Waals surface area contributed by atoms with E-state index in [1.165, 1.54) is 0 Å². The number of carbonyl (C=O) groups excluding carboxylic acids is 1. The minimum Gasteiger partial charge on any atom is -0.464 e. The summed E-state index contributed by atoms with van der Waals surface area (Å²) in [6.45, 7) is 3.85. The minimum absolute atomic E-state index is 0.276. The van der Waals surface area contributed by atoms with E-state index in [1.54, 1.807) is 6.92 Å². The molecule has 6 rings (SSSR count). The van der Waals surface area contributed by atoms with E-state index in [-0.39, 0.29) is 6.61 Å². The van der Waals surface area contributed by atoms with Crippen LogP contribution < -0.4 is 0 Å². The molecule has 0 bridgehead atoms. The topological polar surface area (TPSA) is 38.8 Å². The average Bonchev–Trinajstić information content (AvgIpc) is 3.30. The number of fused-ring (bicyclic) bond motifs is 1. The Labute approximate surface area is 241 Å². The molecule has 1 aliphatic heterocycles. The Hall–Kier alpha value is -4.51. The lowest BCUT2D eigenvalue weighted by molar-refractivity contribution is -0.264. The van der Waals surface area contributed by atoms with Crippen LogP contribution in [0, 0.1) is 0 Å². The Morgan fingerprint density at radius 1 is 0.585 bits per heavy atom. The van der Waals surface area contributed by atoms with Crippen molar-refractivity contribution in [2.75, 3.05) is 6.61 Å². The smallest absolute Gasteiger partial charge is 0.337 e. The fourth-order valence-corrected chi connectivity index (χ4v) is 6.35. The Kier molecular flexibility index (Phi) is 7.27. The highest BCUT2D eigenvalue weighted by atomic mass is 16.7. The first kappa shape index (κ1) is 26.7. The van der Waals surface area contributed by atoms with Crippen molar-refractivity contribution >= 4 is 5.97 Å². The quantitative estimate of drug-likeness (QED) is 0.192. The summed E-state index contributed by atoms with van der Waals surface area (Å²) in [6, 6.07) is 50.2. The molecule has 1 unspecified atom stereocenters. The van der Waals surface area contributed by atoms with Crippen molar-refractivity contribution in [3.05, 3.63) is 179 Å². The van der Waals surface area contributed by atoms with Gasteiger partial charge < -0.3 is 4.74 Å². The predicted molar refractivity (Wildman–Crippen MR) is 161 cm³/mol. The highest BCUT2D eigenvalue weighted by Crippen LogP contribution is 2.61. The van der Waals surface area contributed by atoms with Gasteiger partial charge in [0.05, 0.1) is 6.61 Å². The summed E-state index contributed by atoms with van der Waals surface area (Å²) in [6.07, 6.45) is -0.872. The van der Waals surface area contributed by atoms with E-state index in [9.17, 15) is 4.79 Å². The van der Waals surface area contributed by atoms with Gasteiger partial charge in [-0.15, -0.1) is 5.06 Å². The van der Waals surface area contributed by atoms with Crippen LogP contribution in [-0.4, -0.2) is 23.7 Å². The number of benzene rings is 5. The zero-order valence-corrected chi connectivity index (χ0v) is 23.3. The molecule has 5 aromatic carbocycles. The fourth-order valence-electron chi connectivity index (χ4n) is 6.35. The third-order valence-electron chi connectivity index (χ3n) is 7.96. The van der Waals surface area contributed by atoms with Crippen molar-refractivity contribution in [3.8, 4) is 0 Å². The monoisotopic (exact) mass is 539 g/mol. The van der Waals surface area contributed by atoms with Gasteiger partial charge in [-0.1, -0.05) is 146 Å². The normalized spacial score (nSPS) is 16.0. The van der Waals surface area contributed by atoms with E-state index in [2.05, 4.69) is 126 Å². The number of hydrogen-bond acceptors (Lipinski definition) is 4. The number of ether oxygens (including phenoxy) is 1. The molecule has 0 fully saturated rings. The lowest BCUT2D eigenvalue weighted by atomic mass is 9.76. The number of hydrogen-bond donors (Lipinski definition) is 0. The maximum Gasteiger partial charge on any atom is 0.337 e. The summed E-state index contributed by atoms with van der Waals surface area (Å²) >= 11 is 0. The summed E-state index contributed by atoms with van der Waals surface area (Å²) in [5, 5.41) is 2.07. The number of rotatable bonds is 8. The van der Waals surface area contributed by atoms with E-state index < -0.39 is 23.2 Å².